The van der Waals surface area contributed by atoms with E-state index in [0.717, 1.165) is 38.2 Å². The van der Waals surface area contributed by atoms with Crippen molar-refractivity contribution in [2.45, 2.75) is 84.3 Å². The number of hydrogen-bond donors (Lipinski definition) is 3. The Morgan fingerprint density at radius 1 is 1.30 bits per heavy atom. The number of carboxylic acids is 1. The number of carbonyl (C=O) groups is 2. The minimum absolute atomic E-state index is 0.0814. The Hall–Kier alpha value is -1.46. The number of carboxylic acid groups (broad SMARTS) is 1. The van der Waals surface area contributed by atoms with Gasteiger partial charge in [-0.1, -0.05) is 58.3 Å². The van der Waals surface area contributed by atoms with Crippen molar-refractivity contribution in [3.05, 3.63) is 24.3 Å². The van der Waals surface area contributed by atoms with Crippen LogP contribution in [0.2, 0.25) is 0 Å². The van der Waals surface area contributed by atoms with Crippen LogP contribution >= 0.6 is 0 Å². The van der Waals surface area contributed by atoms with Crippen molar-refractivity contribution in [1.82, 2.24) is 0 Å². The molecular formula is C22H36O5. The number of unbranched alkanes of at least 4 members (excludes halogenated alkanes) is 3. The molecule has 0 aromatic rings. The first-order valence-electron chi connectivity index (χ1n) is 10.2. The average molecular weight is 381 g/mol. The third-order valence-corrected chi connectivity index (χ3v) is 5.62. The molecule has 3 N–H and O–H groups in total. The summed E-state index contributed by atoms with van der Waals surface area (Å²) < 4.78 is 0. The second-order valence-electron chi connectivity index (χ2n) is 8.37. The highest BCUT2D eigenvalue weighted by Gasteiger charge is 2.39. The molecule has 0 radical (unpaired) electrons. The fourth-order valence-corrected chi connectivity index (χ4v) is 3.68. The van der Waals surface area contributed by atoms with Crippen LogP contribution in [-0.4, -0.2) is 39.3 Å². The van der Waals surface area contributed by atoms with E-state index < -0.39 is 18.2 Å². The first-order chi connectivity index (χ1) is 12.7. The smallest absolute Gasteiger partial charge is 0.327 e. The Morgan fingerprint density at radius 3 is 2.63 bits per heavy atom. The topological polar surface area (TPSA) is 94.8 Å². The first-order valence-corrected chi connectivity index (χ1v) is 10.2. The molecule has 1 saturated carbocycles. The van der Waals surface area contributed by atoms with Crippen LogP contribution in [0.4, 0.5) is 0 Å². The number of carbonyl (C=O) groups excluding carboxylic acids is 1. The first kappa shape index (κ1) is 23.6. The zero-order chi connectivity index (χ0) is 20.4. The van der Waals surface area contributed by atoms with Crippen molar-refractivity contribution in [1.29, 1.82) is 0 Å². The van der Waals surface area contributed by atoms with Gasteiger partial charge in [-0.25, -0.2) is 4.79 Å². The number of rotatable bonds is 12. The van der Waals surface area contributed by atoms with Crippen molar-refractivity contribution < 1.29 is 24.9 Å². The standard InChI is InChI=1S/C22H36O5/c1-4-5-14-22(2,3)20(25)13-12-17-16(18(23)15-19(17)24)10-8-6-7-9-11-21(26)27/h9,11-13,16-17,19-20,24-25H,4-8,10,14-15H2,1-3H3,(H,26,27)/b11-9+,13-12+/t16-,17-,19-,20+/m1/s1. The molecule has 0 unspecified atom stereocenters. The molecule has 154 valence electrons. The van der Waals surface area contributed by atoms with Gasteiger partial charge in [0, 0.05) is 24.3 Å². The van der Waals surface area contributed by atoms with E-state index in [2.05, 4.69) is 6.92 Å². The summed E-state index contributed by atoms with van der Waals surface area (Å²) in [7, 11) is 0. The summed E-state index contributed by atoms with van der Waals surface area (Å²) in [5.74, 6) is -1.33. The second kappa shape index (κ2) is 11.4. The van der Waals surface area contributed by atoms with Crippen LogP contribution < -0.4 is 0 Å². The average Bonchev–Trinajstić information content (AvgIpc) is 2.86. The van der Waals surface area contributed by atoms with E-state index in [1.807, 2.05) is 19.9 Å². The van der Waals surface area contributed by atoms with E-state index in [1.54, 1.807) is 12.2 Å². The third kappa shape index (κ3) is 7.97. The van der Waals surface area contributed by atoms with Gasteiger partial charge in [0.2, 0.25) is 0 Å². The van der Waals surface area contributed by atoms with Crippen molar-refractivity contribution in [3.8, 4) is 0 Å². The molecule has 1 aliphatic rings. The van der Waals surface area contributed by atoms with Crippen LogP contribution in [0.25, 0.3) is 0 Å². The zero-order valence-electron chi connectivity index (χ0n) is 16.9. The number of aliphatic hydroxyl groups is 2. The number of aliphatic carboxylic acids is 1. The molecule has 5 nitrogen and oxygen atoms in total. The molecule has 0 aromatic heterocycles. The zero-order valence-corrected chi connectivity index (χ0v) is 16.9. The van der Waals surface area contributed by atoms with Gasteiger partial charge in [-0.3, -0.25) is 4.79 Å². The van der Waals surface area contributed by atoms with Gasteiger partial charge < -0.3 is 15.3 Å². The van der Waals surface area contributed by atoms with E-state index in [-0.39, 0.29) is 29.5 Å². The predicted molar refractivity (Wildman–Crippen MR) is 106 cm³/mol. The lowest BCUT2D eigenvalue weighted by molar-refractivity contribution is -0.131. The van der Waals surface area contributed by atoms with Crippen LogP contribution in [-0.2, 0) is 9.59 Å². The van der Waals surface area contributed by atoms with Gasteiger partial charge in [0.05, 0.1) is 12.2 Å². The number of aliphatic hydroxyl groups excluding tert-OH is 2. The molecule has 5 heteroatoms. The molecule has 0 amide bonds. The normalized spacial score (nSPS) is 24.9. The Morgan fingerprint density at radius 2 is 2.00 bits per heavy atom. The van der Waals surface area contributed by atoms with Gasteiger partial charge in [0.25, 0.3) is 0 Å². The third-order valence-electron chi connectivity index (χ3n) is 5.62. The van der Waals surface area contributed by atoms with Gasteiger partial charge in [-0.15, -0.1) is 0 Å². The Bertz CT molecular complexity index is 535. The number of Topliss-reactive ketones (excluding diaryl/α,β-unsaturated/α-hetero) is 1. The van der Waals surface area contributed by atoms with E-state index >= 15 is 0 Å². The van der Waals surface area contributed by atoms with Crippen molar-refractivity contribution >= 4 is 11.8 Å². The predicted octanol–water partition coefficient (Wildman–Crippen LogP) is 3.89. The van der Waals surface area contributed by atoms with Crippen LogP contribution in [0.15, 0.2) is 24.3 Å². The highest BCUT2D eigenvalue weighted by Crippen LogP contribution is 2.35. The molecule has 0 aromatic carbocycles. The molecule has 27 heavy (non-hydrogen) atoms. The lowest BCUT2D eigenvalue weighted by Crippen LogP contribution is -2.28. The number of allylic oxidation sites excluding steroid dienone is 1. The Balaban J connectivity index is 2.60. The maximum atomic E-state index is 12.2. The fraction of sp³-hybridized carbons (Fsp3) is 0.727. The molecule has 1 rings (SSSR count). The highest BCUT2D eigenvalue weighted by atomic mass is 16.4. The van der Waals surface area contributed by atoms with Crippen LogP contribution in [0.5, 0.6) is 0 Å². The molecule has 1 fully saturated rings. The molecular weight excluding hydrogens is 344 g/mol. The Labute approximate surface area is 163 Å². The SMILES string of the molecule is CCCCC(C)(C)[C@@H](O)/C=C/[C@H]1[C@H](O)CC(=O)[C@@H]1CCCC/C=C/C(=O)O. The van der Waals surface area contributed by atoms with Crippen molar-refractivity contribution in [2.75, 3.05) is 0 Å². The van der Waals surface area contributed by atoms with Crippen molar-refractivity contribution in [3.63, 3.8) is 0 Å². The van der Waals surface area contributed by atoms with Crippen LogP contribution in [0.1, 0.15) is 72.1 Å². The lowest BCUT2D eigenvalue weighted by atomic mass is 9.80. The van der Waals surface area contributed by atoms with Gasteiger partial charge in [-0.2, -0.15) is 0 Å². The maximum Gasteiger partial charge on any atom is 0.327 e. The maximum absolute atomic E-state index is 12.2. The van der Waals surface area contributed by atoms with E-state index in [0.29, 0.717) is 12.8 Å². The molecule has 4 atom stereocenters. The summed E-state index contributed by atoms with van der Waals surface area (Å²) in [5.41, 5.74) is -0.230. The van der Waals surface area contributed by atoms with E-state index in [9.17, 15) is 19.8 Å². The number of hydrogen-bond acceptors (Lipinski definition) is 4. The quantitative estimate of drug-likeness (QED) is 0.271. The van der Waals surface area contributed by atoms with Crippen LogP contribution in [0, 0.1) is 17.3 Å². The Kier molecular flexibility index (Phi) is 9.95. The minimum atomic E-state index is -0.949. The summed E-state index contributed by atoms with van der Waals surface area (Å²) in [4.78, 5) is 22.7. The van der Waals surface area contributed by atoms with E-state index in [4.69, 9.17) is 5.11 Å². The summed E-state index contributed by atoms with van der Waals surface area (Å²) in [6.45, 7) is 6.20. The molecule has 1 aliphatic carbocycles. The molecule has 0 aliphatic heterocycles. The van der Waals surface area contributed by atoms with E-state index in [1.165, 1.54) is 0 Å². The minimum Gasteiger partial charge on any atom is -0.478 e. The molecule has 0 saturated heterocycles. The van der Waals surface area contributed by atoms with Gasteiger partial charge in [0.15, 0.2) is 0 Å². The number of ketones is 1. The monoisotopic (exact) mass is 380 g/mol. The van der Waals surface area contributed by atoms with Gasteiger partial charge in [0.1, 0.15) is 5.78 Å². The summed E-state index contributed by atoms with van der Waals surface area (Å²) in [5, 5.41) is 29.3. The summed E-state index contributed by atoms with van der Waals surface area (Å²) in [6, 6.07) is 0. The molecule has 0 spiro atoms. The summed E-state index contributed by atoms with van der Waals surface area (Å²) in [6.07, 6.45) is 11.3. The molecule has 0 bridgehead atoms. The summed E-state index contributed by atoms with van der Waals surface area (Å²) >= 11 is 0. The second-order valence-corrected chi connectivity index (χ2v) is 8.37. The highest BCUT2D eigenvalue weighted by molar-refractivity contribution is 5.84. The van der Waals surface area contributed by atoms with Crippen molar-refractivity contribution in [2.24, 2.45) is 17.3 Å². The molecule has 0 heterocycles. The van der Waals surface area contributed by atoms with Gasteiger partial charge in [-0.05, 0) is 31.1 Å². The van der Waals surface area contributed by atoms with Gasteiger partial charge >= 0.3 is 5.97 Å². The lowest BCUT2D eigenvalue weighted by Gasteiger charge is -2.29. The fourth-order valence-electron chi connectivity index (χ4n) is 3.68. The van der Waals surface area contributed by atoms with Crippen LogP contribution in [0.3, 0.4) is 0 Å². The largest absolute Gasteiger partial charge is 0.478 e.